The number of thiazole rings is 1. The van der Waals surface area contributed by atoms with Gasteiger partial charge in [-0.3, -0.25) is 0 Å². The Hall–Kier alpha value is -1.48. The zero-order valence-corrected chi connectivity index (χ0v) is 9.04. The van der Waals surface area contributed by atoms with Crippen LogP contribution < -0.4 is 0 Å². The van der Waals surface area contributed by atoms with Crippen molar-refractivity contribution in [1.82, 2.24) is 4.98 Å². The number of hydrogen-bond donors (Lipinski definition) is 0. The van der Waals surface area contributed by atoms with Crippen LogP contribution in [-0.4, -0.2) is 11.3 Å². The Morgan fingerprint density at radius 1 is 1.27 bits per heavy atom. The third-order valence-corrected chi connectivity index (χ3v) is 2.99. The van der Waals surface area contributed by atoms with Crippen LogP contribution in [0.2, 0.25) is 0 Å². The molecule has 3 heteroatoms. The van der Waals surface area contributed by atoms with Crippen molar-refractivity contribution in [1.29, 1.82) is 0 Å². The molecule has 0 bridgehead atoms. The summed E-state index contributed by atoms with van der Waals surface area (Å²) in [6, 6.07) is 10.2. The van der Waals surface area contributed by atoms with E-state index >= 15 is 0 Å². The molecule has 2 aromatic rings. The van der Waals surface area contributed by atoms with Crippen molar-refractivity contribution in [3.8, 4) is 0 Å². The summed E-state index contributed by atoms with van der Waals surface area (Å²) in [7, 11) is 0. The van der Waals surface area contributed by atoms with Gasteiger partial charge in [-0.1, -0.05) is 30.3 Å². The lowest BCUT2D eigenvalue weighted by molar-refractivity contribution is -0.107. The Morgan fingerprint density at radius 3 is 2.80 bits per heavy atom. The lowest BCUT2D eigenvalue weighted by atomic mass is 10.2. The molecule has 0 saturated carbocycles. The maximum absolute atomic E-state index is 10.3. The van der Waals surface area contributed by atoms with Crippen LogP contribution in [0.5, 0.6) is 0 Å². The summed E-state index contributed by atoms with van der Waals surface area (Å²) in [6.07, 6.45) is 2.16. The highest BCUT2D eigenvalue weighted by Gasteiger charge is 2.02. The zero-order chi connectivity index (χ0) is 10.5. The fraction of sp³-hybridized carbons (Fsp3) is 0.167. The van der Waals surface area contributed by atoms with Crippen molar-refractivity contribution in [3.05, 3.63) is 52.0 Å². The van der Waals surface area contributed by atoms with Crippen LogP contribution in [0, 0.1) is 0 Å². The van der Waals surface area contributed by atoms with E-state index in [2.05, 4.69) is 17.1 Å². The Labute approximate surface area is 92.6 Å². The van der Waals surface area contributed by atoms with Crippen molar-refractivity contribution in [3.63, 3.8) is 0 Å². The lowest BCUT2D eigenvalue weighted by Crippen LogP contribution is -1.89. The van der Waals surface area contributed by atoms with Gasteiger partial charge in [0.2, 0.25) is 0 Å². The van der Waals surface area contributed by atoms with E-state index < -0.39 is 0 Å². The number of hydrogen-bond acceptors (Lipinski definition) is 3. The fourth-order valence-corrected chi connectivity index (χ4v) is 2.22. The molecule has 0 unspecified atom stereocenters. The molecule has 76 valence electrons. The largest absolute Gasteiger partial charge is 0.303 e. The van der Waals surface area contributed by atoms with Crippen LogP contribution in [-0.2, 0) is 17.6 Å². The summed E-state index contributed by atoms with van der Waals surface area (Å²) in [4.78, 5) is 14.7. The second kappa shape index (κ2) is 4.84. The Bertz CT molecular complexity index is 436. The van der Waals surface area contributed by atoms with Gasteiger partial charge in [0.1, 0.15) is 6.29 Å². The summed E-state index contributed by atoms with van der Waals surface area (Å²) in [5, 5.41) is 3.02. The highest BCUT2D eigenvalue weighted by atomic mass is 32.1. The molecule has 0 aliphatic rings. The molecule has 2 rings (SSSR count). The minimum atomic E-state index is 0.422. The van der Waals surface area contributed by atoms with Gasteiger partial charge in [-0.25, -0.2) is 4.98 Å². The smallest absolute Gasteiger partial charge is 0.125 e. The molecule has 0 radical (unpaired) electrons. The number of benzene rings is 1. The third-order valence-electron chi connectivity index (χ3n) is 2.09. The first-order chi connectivity index (χ1) is 7.38. The number of carbonyl (C=O) groups excluding carboxylic acids is 1. The average Bonchev–Trinajstić information content (AvgIpc) is 2.68. The Kier molecular flexibility index (Phi) is 3.25. The van der Waals surface area contributed by atoms with Crippen LogP contribution in [0.3, 0.4) is 0 Å². The third kappa shape index (κ3) is 2.73. The molecular weight excluding hydrogens is 206 g/mol. The summed E-state index contributed by atoms with van der Waals surface area (Å²) in [5.74, 6) is 0. The second-order valence-electron chi connectivity index (χ2n) is 3.27. The van der Waals surface area contributed by atoms with Gasteiger partial charge in [0.25, 0.3) is 0 Å². The fourth-order valence-electron chi connectivity index (χ4n) is 1.38. The van der Waals surface area contributed by atoms with Crippen LogP contribution in [0.4, 0.5) is 0 Å². The standard InChI is InChI=1S/C12H11NOS/c14-7-6-11-9-15-12(13-11)8-10-4-2-1-3-5-10/h1-5,7,9H,6,8H2. The molecule has 1 aromatic heterocycles. The summed E-state index contributed by atoms with van der Waals surface area (Å²) < 4.78 is 0. The number of rotatable bonds is 4. The van der Waals surface area contributed by atoms with E-state index in [1.165, 1.54) is 5.56 Å². The predicted octanol–water partition coefficient (Wildman–Crippen LogP) is 2.48. The first-order valence-corrected chi connectivity index (χ1v) is 5.67. The monoisotopic (exact) mass is 217 g/mol. The van der Waals surface area contributed by atoms with Gasteiger partial charge in [-0.2, -0.15) is 0 Å². The van der Waals surface area contributed by atoms with E-state index in [4.69, 9.17) is 0 Å². The lowest BCUT2D eigenvalue weighted by Gasteiger charge is -1.95. The van der Waals surface area contributed by atoms with Crippen LogP contribution >= 0.6 is 11.3 Å². The maximum Gasteiger partial charge on any atom is 0.125 e. The summed E-state index contributed by atoms with van der Waals surface area (Å²) >= 11 is 1.61. The molecule has 0 N–H and O–H groups in total. The molecule has 0 amide bonds. The average molecular weight is 217 g/mol. The van der Waals surface area contributed by atoms with Gasteiger partial charge in [-0.05, 0) is 5.56 Å². The normalized spacial score (nSPS) is 10.1. The molecule has 0 fully saturated rings. The SMILES string of the molecule is O=CCc1csc(Cc2ccccc2)n1. The predicted molar refractivity (Wildman–Crippen MR) is 61.1 cm³/mol. The van der Waals surface area contributed by atoms with Crippen molar-refractivity contribution in [2.75, 3.05) is 0 Å². The Morgan fingerprint density at radius 2 is 2.07 bits per heavy atom. The number of aldehydes is 1. The van der Waals surface area contributed by atoms with Crippen molar-refractivity contribution < 1.29 is 4.79 Å². The van der Waals surface area contributed by atoms with Gasteiger partial charge in [0, 0.05) is 18.2 Å². The van der Waals surface area contributed by atoms with Gasteiger partial charge in [0.05, 0.1) is 10.7 Å². The topological polar surface area (TPSA) is 30.0 Å². The van der Waals surface area contributed by atoms with Crippen LogP contribution in [0.1, 0.15) is 16.3 Å². The molecular formula is C12H11NOS. The van der Waals surface area contributed by atoms with Gasteiger partial charge >= 0.3 is 0 Å². The van der Waals surface area contributed by atoms with E-state index in [0.717, 1.165) is 23.4 Å². The first-order valence-electron chi connectivity index (χ1n) is 4.79. The first kappa shape index (κ1) is 10.1. The number of aromatic nitrogens is 1. The molecule has 1 heterocycles. The zero-order valence-electron chi connectivity index (χ0n) is 8.22. The van der Waals surface area contributed by atoms with E-state index in [-0.39, 0.29) is 0 Å². The summed E-state index contributed by atoms with van der Waals surface area (Å²) in [5.41, 5.74) is 2.13. The quantitative estimate of drug-likeness (QED) is 0.736. The van der Waals surface area contributed by atoms with Crippen LogP contribution in [0.25, 0.3) is 0 Å². The van der Waals surface area contributed by atoms with E-state index in [1.54, 1.807) is 11.3 Å². The van der Waals surface area contributed by atoms with Gasteiger partial charge in [0.15, 0.2) is 0 Å². The molecule has 0 saturated heterocycles. The highest BCUT2D eigenvalue weighted by molar-refractivity contribution is 7.09. The van der Waals surface area contributed by atoms with Crippen molar-refractivity contribution in [2.24, 2.45) is 0 Å². The summed E-state index contributed by atoms with van der Waals surface area (Å²) in [6.45, 7) is 0. The molecule has 0 spiro atoms. The van der Waals surface area contributed by atoms with Gasteiger partial charge < -0.3 is 4.79 Å². The number of nitrogens with zero attached hydrogens (tertiary/aromatic N) is 1. The molecule has 0 aliphatic heterocycles. The minimum Gasteiger partial charge on any atom is -0.303 e. The molecule has 15 heavy (non-hydrogen) atoms. The minimum absolute atomic E-state index is 0.422. The van der Waals surface area contributed by atoms with Gasteiger partial charge in [-0.15, -0.1) is 11.3 Å². The van der Waals surface area contributed by atoms with E-state index in [9.17, 15) is 4.79 Å². The molecule has 2 nitrogen and oxygen atoms in total. The highest BCUT2D eigenvalue weighted by Crippen LogP contribution is 2.14. The van der Waals surface area contributed by atoms with Crippen LogP contribution in [0.15, 0.2) is 35.7 Å². The Balaban J connectivity index is 2.08. The maximum atomic E-state index is 10.3. The van der Waals surface area contributed by atoms with E-state index in [0.29, 0.717) is 6.42 Å². The molecule has 0 aliphatic carbocycles. The molecule has 0 atom stereocenters. The second-order valence-corrected chi connectivity index (χ2v) is 4.21. The van der Waals surface area contributed by atoms with Crippen molar-refractivity contribution in [2.45, 2.75) is 12.8 Å². The number of carbonyl (C=O) groups is 1. The van der Waals surface area contributed by atoms with Crippen molar-refractivity contribution >= 4 is 17.6 Å². The molecule has 1 aromatic carbocycles. The van der Waals surface area contributed by atoms with E-state index in [1.807, 2.05) is 23.6 Å².